The first-order valence-electron chi connectivity index (χ1n) is 6.65. The zero-order valence-corrected chi connectivity index (χ0v) is 11.1. The molecule has 0 spiro atoms. The molecule has 0 radical (unpaired) electrons. The molecule has 1 fully saturated rings. The summed E-state index contributed by atoms with van der Waals surface area (Å²) in [5, 5.41) is 3.53. The van der Waals surface area contributed by atoms with Gasteiger partial charge in [-0.3, -0.25) is 0 Å². The lowest BCUT2D eigenvalue weighted by molar-refractivity contribution is -0.122. The summed E-state index contributed by atoms with van der Waals surface area (Å²) < 4.78 is 6.38. The fourth-order valence-electron chi connectivity index (χ4n) is 2.60. The molecular formula is C15H23NO. The number of ether oxygens (including phenoxy) is 1. The van der Waals surface area contributed by atoms with E-state index in [2.05, 4.69) is 50.4 Å². The first-order chi connectivity index (χ1) is 8.21. The number of hydrogen-bond acceptors (Lipinski definition) is 2. The third-order valence-corrected chi connectivity index (χ3v) is 3.99. The van der Waals surface area contributed by atoms with Crippen molar-refractivity contribution in [2.24, 2.45) is 0 Å². The van der Waals surface area contributed by atoms with Crippen LogP contribution in [0.25, 0.3) is 0 Å². The van der Waals surface area contributed by atoms with Crippen molar-refractivity contribution in [3.05, 3.63) is 35.4 Å². The Balaban J connectivity index is 2.20. The Bertz CT molecular complexity index is 371. The third-order valence-electron chi connectivity index (χ3n) is 3.99. The summed E-state index contributed by atoms with van der Waals surface area (Å²) >= 11 is 0. The Kier molecular flexibility index (Phi) is 3.85. The molecule has 1 atom stereocenters. The first kappa shape index (κ1) is 12.6. The topological polar surface area (TPSA) is 21.3 Å². The molecule has 2 nitrogen and oxygen atoms in total. The van der Waals surface area contributed by atoms with Crippen LogP contribution in [0.4, 0.5) is 0 Å². The van der Waals surface area contributed by atoms with Crippen molar-refractivity contribution in [1.29, 1.82) is 0 Å². The number of nitrogens with one attached hydrogen (secondary N) is 1. The fraction of sp³-hybridized carbons (Fsp3) is 0.600. The van der Waals surface area contributed by atoms with Gasteiger partial charge in [-0.15, -0.1) is 0 Å². The molecule has 17 heavy (non-hydrogen) atoms. The lowest BCUT2D eigenvalue weighted by Gasteiger charge is -2.41. The predicted molar refractivity (Wildman–Crippen MR) is 71.2 cm³/mol. The summed E-state index contributed by atoms with van der Waals surface area (Å²) in [7, 11) is 0. The van der Waals surface area contributed by atoms with Gasteiger partial charge in [-0.05, 0) is 30.9 Å². The molecule has 94 valence electrons. The molecular weight excluding hydrogens is 210 g/mol. The predicted octanol–water partition coefficient (Wildman–Crippen LogP) is 3.21. The van der Waals surface area contributed by atoms with Crippen LogP contribution in [-0.4, -0.2) is 18.7 Å². The quantitative estimate of drug-likeness (QED) is 0.865. The molecule has 1 aromatic carbocycles. The minimum Gasteiger partial charge on any atom is -0.364 e. The maximum absolute atomic E-state index is 6.38. The van der Waals surface area contributed by atoms with Crippen molar-refractivity contribution in [3.8, 4) is 0 Å². The SMILES string of the molecule is CCC1(CC)CNCC(c2ccccc2C)O1. The molecule has 1 aromatic rings. The van der Waals surface area contributed by atoms with Gasteiger partial charge in [0.25, 0.3) is 0 Å². The van der Waals surface area contributed by atoms with Crippen LogP contribution >= 0.6 is 0 Å². The Morgan fingerprint density at radius 1 is 1.29 bits per heavy atom. The van der Waals surface area contributed by atoms with E-state index in [1.165, 1.54) is 11.1 Å². The number of morpholine rings is 1. The minimum absolute atomic E-state index is 0.0190. The standard InChI is InChI=1S/C15H23NO/c1-4-15(5-2)11-16-10-14(17-15)13-9-7-6-8-12(13)3/h6-9,14,16H,4-5,10-11H2,1-3H3. The average molecular weight is 233 g/mol. The van der Waals surface area contributed by atoms with E-state index in [1.807, 2.05) is 0 Å². The molecule has 2 rings (SSSR count). The Hall–Kier alpha value is -0.860. The van der Waals surface area contributed by atoms with Crippen LogP contribution in [0.2, 0.25) is 0 Å². The molecule has 0 amide bonds. The van der Waals surface area contributed by atoms with E-state index in [0.717, 1.165) is 25.9 Å². The summed E-state index contributed by atoms with van der Waals surface area (Å²) in [4.78, 5) is 0. The molecule has 1 aliphatic heterocycles. The van der Waals surface area contributed by atoms with Crippen molar-refractivity contribution in [3.63, 3.8) is 0 Å². The molecule has 0 bridgehead atoms. The van der Waals surface area contributed by atoms with Crippen molar-refractivity contribution in [2.45, 2.75) is 45.3 Å². The van der Waals surface area contributed by atoms with Gasteiger partial charge in [0, 0.05) is 13.1 Å². The summed E-state index contributed by atoms with van der Waals surface area (Å²) in [5.41, 5.74) is 2.67. The number of rotatable bonds is 3. The van der Waals surface area contributed by atoms with Crippen molar-refractivity contribution in [2.75, 3.05) is 13.1 Å². The second-order valence-corrected chi connectivity index (χ2v) is 4.98. The van der Waals surface area contributed by atoms with Crippen molar-refractivity contribution in [1.82, 2.24) is 5.32 Å². The second-order valence-electron chi connectivity index (χ2n) is 4.98. The molecule has 0 aliphatic carbocycles. The van der Waals surface area contributed by atoms with Gasteiger partial charge in [-0.2, -0.15) is 0 Å². The van der Waals surface area contributed by atoms with Crippen LogP contribution in [0.1, 0.15) is 43.9 Å². The second kappa shape index (κ2) is 5.19. The van der Waals surface area contributed by atoms with E-state index in [9.17, 15) is 0 Å². The van der Waals surface area contributed by atoms with Gasteiger partial charge >= 0.3 is 0 Å². The van der Waals surface area contributed by atoms with Crippen LogP contribution in [-0.2, 0) is 4.74 Å². The zero-order chi connectivity index (χ0) is 12.3. The van der Waals surface area contributed by atoms with Gasteiger partial charge in [0.05, 0.1) is 11.7 Å². The van der Waals surface area contributed by atoms with E-state index in [1.54, 1.807) is 0 Å². The first-order valence-corrected chi connectivity index (χ1v) is 6.65. The minimum atomic E-state index is 0.0190. The van der Waals surface area contributed by atoms with Crippen LogP contribution in [0.5, 0.6) is 0 Å². The zero-order valence-electron chi connectivity index (χ0n) is 11.1. The summed E-state index contributed by atoms with van der Waals surface area (Å²) in [6, 6.07) is 8.53. The smallest absolute Gasteiger partial charge is 0.0959 e. The molecule has 2 heteroatoms. The summed E-state index contributed by atoms with van der Waals surface area (Å²) in [5.74, 6) is 0. The van der Waals surface area contributed by atoms with E-state index in [0.29, 0.717) is 0 Å². The number of aryl methyl sites for hydroxylation is 1. The largest absolute Gasteiger partial charge is 0.364 e. The van der Waals surface area contributed by atoms with Gasteiger partial charge in [-0.25, -0.2) is 0 Å². The normalized spacial score (nSPS) is 23.6. The van der Waals surface area contributed by atoms with E-state index in [4.69, 9.17) is 4.74 Å². The van der Waals surface area contributed by atoms with Crippen LogP contribution in [0.15, 0.2) is 24.3 Å². The molecule has 0 aromatic heterocycles. The molecule has 1 unspecified atom stereocenters. The highest BCUT2D eigenvalue weighted by molar-refractivity contribution is 5.28. The highest BCUT2D eigenvalue weighted by atomic mass is 16.5. The summed E-state index contributed by atoms with van der Waals surface area (Å²) in [6.45, 7) is 8.48. The van der Waals surface area contributed by atoms with E-state index < -0.39 is 0 Å². The highest BCUT2D eigenvalue weighted by Gasteiger charge is 2.34. The lowest BCUT2D eigenvalue weighted by atomic mass is 9.93. The number of benzene rings is 1. The molecule has 0 saturated carbocycles. The Morgan fingerprint density at radius 2 is 2.00 bits per heavy atom. The van der Waals surface area contributed by atoms with Crippen LogP contribution in [0, 0.1) is 6.92 Å². The van der Waals surface area contributed by atoms with Crippen LogP contribution in [0.3, 0.4) is 0 Å². The third kappa shape index (κ3) is 2.53. The fourth-order valence-corrected chi connectivity index (χ4v) is 2.60. The van der Waals surface area contributed by atoms with Gasteiger partial charge in [0.2, 0.25) is 0 Å². The van der Waals surface area contributed by atoms with E-state index >= 15 is 0 Å². The van der Waals surface area contributed by atoms with Gasteiger partial charge in [-0.1, -0.05) is 38.1 Å². The number of hydrogen-bond donors (Lipinski definition) is 1. The Morgan fingerprint density at radius 3 is 2.65 bits per heavy atom. The molecule has 1 N–H and O–H groups in total. The maximum Gasteiger partial charge on any atom is 0.0959 e. The average Bonchev–Trinajstić information content (AvgIpc) is 2.39. The lowest BCUT2D eigenvalue weighted by Crippen LogP contribution is -2.50. The molecule has 1 heterocycles. The Labute approximate surface area is 104 Å². The highest BCUT2D eigenvalue weighted by Crippen LogP contribution is 2.32. The summed E-state index contributed by atoms with van der Waals surface area (Å²) in [6.07, 6.45) is 2.34. The van der Waals surface area contributed by atoms with Crippen molar-refractivity contribution < 1.29 is 4.74 Å². The van der Waals surface area contributed by atoms with E-state index in [-0.39, 0.29) is 11.7 Å². The monoisotopic (exact) mass is 233 g/mol. The van der Waals surface area contributed by atoms with Crippen LogP contribution < -0.4 is 5.32 Å². The molecule has 1 aliphatic rings. The van der Waals surface area contributed by atoms with Gasteiger partial charge < -0.3 is 10.1 Å². The van der Waals surface area contributed by atoms with Gasteiger partial charge in [0.1, 0.15) is 0 Å². The maximum atomic E-state index is 6.38. The van der Waals surface area contributed by atoms with Gasteiger partial charge in [0.15, 0.2) is 0 Å². The van der Waals surface area contributed by atoms with Crippen molar-refractivity contribution >= 4 is 0 Å². The molecule has 1 saturated heterocycles.